The minimum Gasteiger partial charge on any atom is -0.487 e. The lowest BCUT2D eigenvalue weighted by molar-refractivity contribution is -0.130. The first kappa shape index (κ1) is 19.7. The Morgan fingerprint density at radius 2 is 1.97 bits per heavy atom. The Morgan fingerprint density at radius 1 is 1.24 bits per heavy atom. The van der Waals surface area contributed by atoms with Crippen LogP contribution >= 0.6 is 0 Å². The highest BCUT2D eigenvalue weighted by atomic mass is 16.5. The van der Waals surface area contributed by atoms with Gasteiger partial charge in [-0.1, -0.05) is 18.2 Å². The van der Waals surface area contributed by atoms with E-state index in [1.807, 2.05) is 24.3 Å². The third-order valence-electron chi connectivity index (χ3n) is 5.94. The van der Waals surface area contributed by atoms with Gasteiger partial charge in [0.1, 0.15) is 16.9 Å². The van der Waals surface area contributed by atoms with Gasteiger partial charge in [0.25, 0.3) is 5.91 Å². The fraction of sp³-hybridized carbons (Fsp3) is 0.571. The molecule has 1 spiro atoms. The lowest BCUT2D eigenvalue weighted by Gasteiger charge is -2.44. The van der Waals surface area contributed by atoms with Crippen LogP contribution in [0.3, 0.4) is 0 Å². The maximum Gasteiger partial charge on any atom is 0.325 e. The van der Waals surface area contributed by atoms with Gasteiger partial charge in [0, 0.05) is 37.8 Å². The highest BCUT2D eigenvalue weighted by Gasteiger charge is 2.45. The highest BCUT2D eigenvalue weighted by Crippen LogP contribution is 2.43. The van der Waals surface area contributed by atoms with Crippen molar-refractivity contribution >= 4 is 17.8 Å². The number of ether oxygens (including phenoxy) is 2. The minimum absolute atomic E-state index is 0.0593. The Balaban J connectivity index is 1.43. The molecule has 3 heterocycles. The quantitative estimate of drug-likeness (QED) is 0.751. The number of urea groups is 1. The lowest BCUT2D eigenvalue weighted by atomic mass is 9.82. The van der Waals surface area contributed by atoms with Crippen LogP contribution in [0.5, 0.6) is 5.75 Å². The minimum atomic E-state index is -0.928. The molecule has 0 saturated carbocycles. The van der Waals surface area contributed by atoms with Gasteiger partial charge in [0.15, 0.2) is 0 Å². The van der Waals surface area contributed by atoms with Crippen molar-refractivity contribution in [3.63, 3.8) is 0 Å². The van der Waals surface area contributed by atoms with Gasteiger partial charge in [-0.15, -0.1) is 0 Å². The van der Waals surface area contributed by atoms with E-state index in [0.717, 1.165) is 29.1 Å². The molecule has 156 valence electrons. The molecule has 2 saturated heterocycles. The van der Waals surface area contributed by atoms with Crippen LogP contribution in [0, 0.1) is 0 Å². The molecule has 3 aliphatic rings. The first-order chi connectivity index (χ1) is 13.8. The Hall–Kier alpha value is -2.61. The average Bonchev–Trinajstić information content (AvgIpc) is 2.87. The molecule has 2 fully saturated rings. The summed E-state index contributed by atoms with van der Waals surface area (Å²) >= 11 is 0. The first-order valence-electron chi connectivity index (χ1n) is 10.1. The maximum atomic E-state index is 12.7. The van der Waals surface area contributed by atoms with Crippen LogP contribution < -0.4 is 15.4 Å². The van der Waals surface area contributed by atoms with Gasteiger partial charge in [-0.3, -0.25) is 14.5 Å². The second-order valence-corrected chi connectivity index (χ2v) is 8.52. The van der Waals surface area contributed by atoms with Crippen LogP contribution in [0.2, 0.25) is 0 Å². The number of hydrogen-bond acceptors (Lipinski definition) is 5. The van der Waals surface area contributed by atoms with Crippen molar-refractivity contribution in [1.82, 2.24) is 15.5 Å². The van der Waals surface area contributed by atoms with Crippen molar-refractivity contribution in [2.45, 2.75) is 56.7 Å². The molecule has 3 aliphatic heterocycles. The van der Waals surface area contributed by atoms with Crippen molar-refractivity contribution in [2.24, 2.45) is 0 Å². The van der Waals surface area contributed by atoms with Gasteiger partial charge in [0.2, 0.25) is 5.91 Å². The zero-order chi connectivity index (χ0) is 20.6. The Labute approximate surface area is 169 Å². The summed E-state index contributed by atoms with van der Waals surface area (Å²) in [5.41, 5.74) is -0.309. The topological polar surface area (TPSA) is 97.0 Å². The molecule has 1 aromatic rings. The van der Waals surface area contributed by atoms with Crippen molar-refractivity contribution in [1.29, 1.82) is 0 Å². The number of amides is 4. The number of hydrogen-bond donors (Lipinski definition) is 2. The summed E-state index contributed by atoms with van der Waals surface area (Å²) in [7, 11) is 0. The first-order valence-corrected chi connectivity index (χ1v) is 10.1. The number of para-hydroxylation sites is 1. The van der Waals surface area contributed by atoms with Gasteiger partial charge < -0.3 is 20.1 Å². The molecule has 8 nitrogen and oxygen atoms in total. The fourth-order valence-corrected chi connectivity index (χ4v) is 4.30. The van der Waals surface area contributed by atoms with Crippen molar-refractivity contribution in [3.8, 4) is 5.75 Å². The second kappa shape index (κ2) is 7.33. The molecule has 0 aromatic heterocycles. The van der Waals surface area contributed by atoms with E-state index in [9.17, 15) is 14.4 Å². The summed E-state index contributed by atoms with van der Waals surface area (Å²) in [6.07, 6.45) is 2.30. The van der Waals surface area contributed by atoms with E-state index in [0.29, 0.717) is 19.6 Å². The maximum absolute atomic E-state index is 12.7. The Kier molecular flexibility index (Phi) is 4.98. The van der Waals surface area contributed by atoms with Crippen LogP contribution in [-0.2, 0) is 14.3 Å². The van der Waals surface area contributed by atoms with E-state index in [-0.39, 0.29) is 36.4 Å². The number of carbonyl (C=O) groups is 3. The molecule has 0 aliphatic carbocycles. The third kappa shape index (κ3) is 3.81. The molecular weight excluding hydrogens is 374 g/mol. The van der Waals surface area contributed by atoms with Crippen molar-refractivity contribution in [2.75, 3.05) is 19.8 Å². The van der Waals surface area contributed by atoms with Crippen LogP contribution in [0.15, 0.2) is 24.3 Å². The number of imide groups is 1. The standard InChI is InChI=1S/C21H27N3O5/c1-20(2)18(26)24(19(27)23-20)10-7-17(25)22-15-13-21(8-11-28-12-9-21)29-16-6-4-3-5-14(15)16/h3-6,15H,7-13H2,1-2H3,(H,22,25)(H,23,27). The number of nitrogens with zero attached hydrogens (tertiary/aromatic N) is 1. The van der Waals surface area contributed by atoms with Gasteiger partial charge >= 0.3 is 6.03 Å². The number of carbonyl (C=O) groups excluding carboxylic acids is 3. The molecule has 29 heavy (non-hydrogen) atoms. The zero-order valence-electron chi connectivity index (χ0n) is 16.8. The normalized spacial score (nSPS) is 24.6. The smallest absolute Gasteiger partial charge is 0.325 e. The van der Waals surface area contributed by atoms with Crippen LogP contribution in [-0.4, -0.2) is 53.6 Å². The SMILES string of the molecule is CC1(C)NC(=O)N(CCC(=O)NC2CC3(CCOCC3)Oc3ccccc32)C1=O. The fourth-order valence-electron chi connectivity index (χ4n) is 4.30. The van der Waals surface area contributed by atoms with E-state index < -0.39 is 11.6 Å². The monoisotopic (exact) mass is 401 g/mol. The van der Waals surface area contributed by atoms with E-state index in [1.165, 1.54) is 0 Å². The Morgan fingerprint density at radius 3 is 2.66 bits per heavy atom. The summed E-state index contributed by atoms with van der Waals surface area (Å²) in [5, 5.41) is 5.72. The predicted molar refractivity (Wildman–Crippen MR) is 104 cm³/mol. The summed E-state index contributed by atoms with van der Waals surface area (Å²) < 4.78 is 11.8. The number of fused-ring (bicyclic) bond motifs is 1. The van der Waals surface area contributed by atoms with Crippen molar-refractivity contribution in [3.05, 3.63) is 29.8 Å². The molecule has 4 amide bonds. The summed E-state index contributed by atoms with van der Waals surface area (Å²) in [6, 6.07) is 7.12. The largest absolute Gasteiger partial charge is 0.487 e. The Bertz CT molecular complexity index is 831. The van der Waals surface area contributed by atoms with Gasteiger partial charge in [-0.2, -0.15) is 0 Å². The molecule has 2 N–H and O–H groups in total. The van der Waals surface area contributed by atoms with Crippen LogP contribution in [0.1, 0.15) is 51.1 Å². The molecule has 1 aromatic carbocycles. The zero-order valence-corrected chi connectivity index (χ0v) is 16.8. The van der Waals surface area contributed by atoms with Gasteiger partial charge in [-0.05, 0) is 19.9 Å². The molecular formula is C21H27N3O5. The van der Waals surface area contributed by atoms with Crippen LogP contribution in [0.25, 0.3) is 0 Å². The predicted octanol–water partition coefficient (Wildman–Crippen LogP) is 1.90. The molecule has 1 atom stereocenters. The number of benzene rings is 1. The molecule has 4 rings (SSSR count). The number of rotatable bonds is 4. The molecule has 0 radical (unpaired) electrons. The van der Waals surface area contributed by atoms with Crippen LogP contribution in [0.4, 0.5) is 4.79 Å². The van der Waals surface area contributed by atoms with Gasteiger partial charge in [0.05, 0.1) is 19.3 Å². The molecule has 0 bridgehead atoms. The summed E-state index contributed by atoms with van der Waals surface area (Å²) in [6.45, 7) is 4.65. The average molecular weight is 401 g/mol. The van der Waals surface area contributed by atoms with Crippen molar-refractivity contribution < 1.29 is 23.9 Å². The van der Waals surface area contributed by atoms with E-state index >= 15 is 0 Å². The summed E-state index contributed by atoms with van der Waals surface area (Å²) in [4.78, 5) is 38.1. The summed E-state index contributed by atoms with van der Waals surface area (Å²) in [5.74, 6) is 0.286. The van der Waals surface area contributed by atoms with Gasteiger partial charge in [-0.25, -0.2) is 4.79 Å². The van der Waals surface area contributed by atoms with E-state index in [2.05, 4.69) is 10.6 Å². The molecule has 8 heteroatoms. The lowest BCUT2D eigenvalue weighted by Crippen LogP contribution is -2.48. The van der Waals surface area contributed by atoms with E-state index in [4.69, 9.17) is 9.47 Å². The third-order valence-corrected chi connectivity index (χ3v) is 5.94. The number of nitrogens with one attached hydrogen (secondary N) is 2. The molecule has 1 unspecified atom stereocenters. The van der Waals surface area contributed by atoms with E-state index in [1.54, 1.807) is 13.8 Å². The highest BCUT2D eigenvalue weighted by molar-refractivity contribution is 6.06. The second-order valence-electron chi connectivity index (χ2n) is 8.52.